The third kappa shape index (κ3) is 22.4. The van der Waals surface area contributed by atoms with Gasteiger partial charge in [0.2, 0.25) is 0 Å². The molecule has 0 fully saturated rings. The van der Waals surface area contributed by atoms with Crippen LogP contribution in [0.25, 0.3) is 0 Å². The third-order valence-corrected chi connectivity index (χ3v) is 4.31. The van der Waals surface area contributed by atoms with Gasteiger partial charge in [0.05, 0.1) is 0 Å². The van der Waals surface area contributed by atoms with Crippen molar-refractivity contribution in [2.24, 2.45) is 0 Å². The van der Waals surface area contributed by atoms with Crippen molar-refractivity contribution in [3.63, 3.8) is 0 Å². The smallest absolute Gasteiger partial charge is 0.550 e. The maximum Gasteiger partial charge on any atom is 1.00 e. The first-order valence-corrected chi connectivity index (χ1v) is 9.60. The Bertz CT molecular complexity index is 250. The predicted molar refractivity (Wildman–Crippen MR) is 92.8 cm³/mol. The van der Waals surface area contributed by atoms with Gasteiger partial charge in [-0.15, -0.1) is 0 Å². The van der Waals surface area contributed by atoms with E-state index in [0.29, 0.717) is 12.6 Å². The summed E-state index contributed by atoms with van der Waals surface area (Å²) in [4.78, 5) is 10.3. The van der Waals surface area contributed by atoms with E-state index < -0.39 is 5.97 Å². The molecule has 1 unspecified atom stereocenters. The van der Waals surface area contributed by atoms with E-state index >= 15 is 0 Å². The van der Waals surface area contributed by atoms with Gasteiger partial charge in [-0.1, -0.05) is 84.0 Å². The minimum absolute atomic E-state index is 0. The zero-order valence-electron chi connectivity index (χ0n) is 16.0. The molecule has 23 heavy (non-hydrogen) atoms. The Morgan fingerprint density at radius 2 is 1.30 bits per heavy atom. The fourth-order valence-electron chi connectivity index (χ4n) is 2.81. The van der Waals surface area contributed by atoms with Crippen molar-refractivity contribution in [1.29, 1.82) is 0 Å². The Hall–Kier alpha value is 0.430. The minimum atomic E-state index is -0.968. The Kier molecular flexibility index (Phi) is 22.8. The van der Waals surface area contributed by atoms with Crippen LogP contribution in [0, 0.1) is 0 Å². The van der Waals surface area contributed by atoms with Gasteiger partial charge in [0, 0.05) is 18.6 Å². The van der Waals surface area contributed by atoms with Gasteiger partial charge < -0.3 is 15.2 Å². The second kappa shape index (κ2) is 20.5. The Labute approximate surface area is 166 Å². The van der Waals surface area contributed by atoms with Crippen molar-refractivity contribution < 1.29 is 39.5 Å². The van der Waals surface area contributed by atoms with Crippen LogP contribution in [0.15, 0.2) is 0 Å². The fourth-order valence-corrected chi connectivity index (χ4v) is 2.81. The second-order valence-electron chi connectivity index (χ2n) is 6.65. The van der Waals surface area contributed by atoms with Gasteiger partial charge in [-0.3, -0.25) is 0 Å². The van der Waals surface area contributed by atoms with E-state index in [1.54, 1.807) is 0 Å². The Balaban J connectivity index is 0. The van der Waals surface area contributed by atoms with Crippen LogP contribution in [-0.4, -0.2) is 18.6 Å². The first kappa shape index (κ1) is 25.7. The zero-order chi connectivity index (χ0) is 16.5. The summed E-state index contributed by atoms with van der Waals surface area (Å²) in [5.74, 6) is -0.968. The molecule has 0 rings (SSSR count). The summed E-state index contributed by atoms with van der Waals surface area (Å²) in [6.45, 7) is 4.93. The molecular formula is C19H38NNaO2. The molecule has 0 saturated carbocycles. The van der Waals surface area contributed by atoms with E-state index in [-0.39, 0.29) is 36.0 Å². The molecule has 0 spiro atoms. The van der Waals surface area contributed by atoms with E-state index in [2.05, 4.69) is 19.2 Å². The van der Waals surface area contributed by atoms with E-state index in [0.717, 1.165) is 6.42 Å². The molecule has 0 saturated heterocycles. The average Bonchev–Trinajstić information content (AvgIpc) is 2.48. The van der Waals surface area contributed by atoms with Crippen LogP contribution in [0.2, 0.25) is 0 Å². The Morgan fingerprint density at radius 3 is 1.74 bits per heavy atom. The van der Waals surface area contributed by atoms with Crippen LogP contribution in [0.4, 0.5) is 0 Å². The standard InChI is InChI=1S/C19H39NO2.Na/c1-3-4-5-6-7-8-9-10-11-12-13-14-15-18(2)20-17-16-19(21)22;/h18,20H,3-17H2,1-2H3,(H,21,22);/q;+1/p-1. The number of aliphatic carboxylic acids is 1. The topological polar surface area (TPSA) is 52.2 Å². The van der Waals surface area contributed by atoms with Gasteiger partial charge in [-0.2, -0.15) is 0 Å². The number of rotatable bonds is 17. The Morgan fingerprint density at radius 1 is 0.870 bits per heavy atom. The quantitative estimate of drug-likeness (QED) is 0.321. The number of carbonyl (C=O) groups excluding carboxylic acids is 1. The molecule has 1 atom stereocenters. The van der Waals surface area contributed by atoms with Gasteiger partial charge in [-0.25, -0.2) is 0 Å². The van der Waals surface area contributed by atoms with Crippen molar-refractivity contribution in [3.05, 3.63) is 0 Å². The number of hydrogen-bond donors (Lipinski definition) is 1. The van der Waals surface area contributed by atoms with Gasteiger partial charge in [-0.05, 0) is 19.8 Å². The second-order valence-corrected chi connectivity index (χ2v) is 6.65. The molecule has 1 N–H and O–H groups in total. The molecule has 0 amide bonds. The first-order valence-electron chi connectivity index (χ1n) is 9.60. The number of carboxylic acid groups (broad SMARTS) is 1. The minimum Gasteiger partial charge on any atom is -0.550 e. The van der Waals surface area contributed by atoms with Gasteiger partial charge in [0.25, 0.3) is 0 Å². The van der Waals surface area contributed by atoms with Crippen LogP contribution < -0.4 is 40.0 Å². The molecule has 0 bridgehead atoms. The third-order valence-electron chi connectivity index (χ3n) is 4.31. The van der Waals surface area contributed by atoms with Crippen molar-refractivity contribution in [3.8, 4) is 0 Å². The summed E-state index contributed by atoms with van der Waals surface area (Å²) in [7, 11) is 0. The van der Waals surface area contributed by atoms with Crippen LogP contribution in [0.3, 0.4) is 0 Å². The zero-order valence-corrected chi connectivity index (χ0v) is 18.0. The molecule has 0 aliphatic carbocycles. The van der Waals surface area contributed by atoms with Crippen LogP contribution in [0.5, 0.6) is 0 Å². The van der Waals surface area contributed by atoms with Gasteiger partial charge >= 0.3 is 29.6 Å². The van der Waals surface area contributed by atoms with E-state index in [9.17, 15) is 9.90 Å². The summed E-state index contributed by atoms with van der Waals surface area (Å²) in [6.07, 6.45) is 17.8. The normalized spacial score (nSPS) is 11.9. The molecular weight excluding hydrogens is 297 g/mol. The number of carboxylic acids is 1. The van der Waals surface area contributed by atoms with Crippen molar-refractivity contribution in [1.82, 2.24) is 5.32 Å². The fraction of sp³-hybridized carbons (Fsp3) is 0.947. The number of hydrogen-bond acceptors (Lipinski definition) is 3. The predicted octanol–water partition coefficient (Wildman–Crippen LogP) is 1.20. The van der Waals surface area contributed by atoms with Crippen LogP contribution in [0.1, 0.15) is 104 Å². The largest absolute Gasteiger partial charge is 1.00 e. The number of nitrogens with one attached hydrogen (secondary N) is 1. The van der Waals surface area contributed by atoms with Gasteiger partial charge in [0.1, 0.15) is 0 Å². The average molecular weight is 336 g/mol. The molecule has 0 aromatic rings. The maximum atomic E-state index is 10.3. The summed E-state index contributed by atoms with van der Waals surface area (Å²) in [6, 6.07) is 0.419. The van der Waals surface area contributed by atoms with E-state index in [4.69, 9.17) is 0 Å². The molecule has 0 heterocycles. The van der Waals surface area contributed by atoms with Gasteiger partial charge in [0.15, 0.2) is 0 Å². The van der Waals surface area contributed by atoms with Crippen molar-refractivity contribution in [2.45, 2.75) is 110 Å². The maximum absolute atomic E-state index is 10.3. The van der Waals surface area contributed by atoms with E-state index in [1.165, 1.54) is 77.0 Å². The van der Waals surface area contributed by atoms with Crippen molar-refractivity contribution in [2.75, 3.05) is 6.54 Å². The SMILES string of the molecule is CCCCCCCCCCCCCCC(C)NCCC(=O)[O-].[Na+]. The molecule has 4 heteroatoms. The molecule has 0 aliphatic rings. The number of unbranched alkanes of at least 4 members (excludes halogenated alkanes) is 11. The summed E-state index contributed by atoms with van der Waals surface area (Å²) >= 11 is 0. The summed E-state index contributed by atoms with van der Waals surface area (Å²) < 4.78 is 0. The summed E-state index contributed by atoms with van der Waals surface area (Å²) in [5, 5.41) is 13.5. The monoisotopic (exact) mass is 335 g/mol. The van der Waals surface area contributed by atoms with E-state index in [1.807, 2.05) is 0 Å². The molecule has 0 aliphatic heterocycles. The van der Waals surface area contributed by atoms with Crippen LogP contribution in [-0.2, 0) is 4.79 Å². The van der Waals surface area contributed by atoms with Crippen LogP contribution >= 0.6 is 0 Å². The first-order chi connectivity index (χ1) is 10.7. The molecule has 0 aromatic heterocycles. The molecule has 0 aromatic carbocycles. The summed E-state index contributed by atoms with van der Waals surface area (Å²) in [5.41, 5.74) is 0. The van der Waals surface area contributed by atoms with Crippen molar-refractivity contribution >= 4 is 5.97 Å². The molecule has 132 valence electrons. The molecule has 0 radical (unpaired) electrons. The number of carbonyl (C=O) groups is 1. The molecule has 3 nitrogen and oxygen atoms in total.